The van der Waals surface area contributed by atoms with E-state index in [1.807, 2.05) is 35.2 Å². The third-order valence-electron chi connectivity index (χ3n) is 7.86. The van der Waals surface area contributed by atoms with Gasteiger partial charge in [0.25, 0.3) is 11.8 Å². The van der Waals surface area contributed by atoms with E-state index in [-0.39, 0.29) is 36.7 Å². The van der Waals surface area contributed by atoms with E-state index in [2.05, 4.69) is 4.98 Å². The van der Waals surface area contributed by atoms with E-state index in [0.29, 0.717) is 40.9 Å². The topological polar surface area (TPSA) is 109 Å². The van der Waals surface area contributed by atoms with Crippen LogP contribution in [0, 0.1) is 0 Å². The van der Waals surface area contributed by atoms with Gasteiger partial charge in [-0.05, 0) is 47.7 Å². The molecule has 0 N–H and O–H groups in total. The molecule has 1 fully saturated rings. The van der Waals surface area contributed by atoms with Crippen molar-refractivity contribution in [1.82, 2.24) is 14.2 Å². The molecule has 0 bridgehead atoms. The minimum atomic E-state index is -3.95. The van der Waals surface area contributed by atoms with Gasteiger partial charge in [0.1, 0.15) is 5.82 Å². The number of carbonyl (C=O) groups excluding carboxylic acids is 2. The highest BCUT2D eigenvalue weighted by atomic mass is 32.2. The van der Waals surface area contributed by atoms with E-state index in [1.165, 1.54) is 29.5 Å². The van der Waals surface area contributed by atoms with Gasteiger partial charge in [0.15, 0.2) is 11.5 Å². The highest BCUT2D eigenvalue weighted by Crippen LogP contribution is 2.36. The van der Waals surface area contributed by atoms with Gasteiger partial charge in [-0.15, -0.1) is 0 Å². The maximum atomic E-state index is 14.0. The van der Waals surface area contributed by atoms with Gasteiger partial charge in [0.2, 0.25) is 10.0 Å². The normalized spacial score (nSPS) is 15.8. The Morgan fingerprint density at radius 3 is 2.05 bits per heavy atom. The van der Waals surface area contributed by atoms with Crippen molar-refractivity contribution in [2.45, 2.75) is 11.3 Å². The lowest BCUT2D eigenvalue weighted by molar-refractivity contribution is 0.0612. The number of nitrogens with zero attached hydrogens (tertiary/aromatic N) is 4. The summed E-state index contributed by atoms with van der Waals surface area (Å²) in [7, 11) is -1.03. The van der Waals surface area contributed by atoms with E-state index in [9.17, 15) is 18.0 Å². The average molecular weight is 587 g/mol. The Morgan fingerprint density at radius 2 is 1.45 bits per heavy atom. The van der Waals surface area contributed by atoms with Crippen LogP contribution in [0.1, 0.15) is 26.3 Å². The largest absolute Gasteiger partial charge is 0.493 e. The maximum Gasteiger partial charge on any atom is 0.261 e. The molecule has 3 aromatic carbocycles. The summed E-state index contributed by atoms with van der Waals surface area (Å²) in [6, 6.07) is 19.5. The maximum absolute atomic E-state index is 14.0. The molecular weight excluding hydrogens is 556 g/mol. The molecule has 0 aliphatic carbocycles. The second-order valence-electron chi connectivity index (χ2n) is 10.1. The number of aromatic nitrogens is 1. The second kappa shape index (κ2) is 11.1. The van der Waals surface area contributed by atoms with Gasteiger partial charge < -0.3 is 14.4 Å². The fourth-order valence-electron chi connectivity index (χ4n) is 5.69. The molecule has 2 aliphatic rings. The summed E-state index contributed by atoms with van der Waals surface area (Å²) in [6.07, 6.45) is 1.82. The zero-order chi connectivity index (χ0) is 29.4. The number of anilines is 1. The van der Waals surface area contributed by atoms with Crippen molar-refractivity contribution in [2.24, 2.45) is 0 Å². The number of hydrogen-bond donors (Lipinski definition) is 0. The Hall–Kier alpha value is -4.48. The van der Waals surface area contributed by atoms with Crippen LogP contribution in [-0.4, -0.2) is 81.4 Å². The standard InChI is InChI=1S/C31H30N4O6S/c1-40-25-19-22(12-14-35-30(36)23-9-5-7-21-8-6-10-24(29(21)23)31(35)37)27(20-26(25)41-2)42(38,39)34-17-15-33(16-18-34)28-11-3-4-13-32-28/h3-11,13,19-20H,12,14-18H2,1-2H3. The lowest BCUT2D eigenvalue weighted by Crippen LogP contribution is -2.49. The zero-order valence-corrected chi connectivity index (χ0v) is 24.1. The summed E-state index contributed by atoms with van der Waals surface area (Å²) >= 11 is 0. The number of carbonyl (C=O) groups is 2. The quantitative estimate of drug-likeness (QED) is 0.288. The monoisotopic (exact) mass is 586 g/mol. The van der Waals surface area contributed by atoms with Crippen LogP contribution in [0.5, 0.6) is 11.5 Å². The number of benzene rings is 3. The minimum Gasteiger partial charge on any atom is -0.493 e. The molecule has 0 radical (unpaired) electrons. The molecule has 2 amide bonds. The third kappa shape index (κ3) is 4.74. The predicted octanol–water partition coefficient (Wildman–Crippen LogP) is 3.60. The molecule has 10 nitrogen and oxygen atoms in total. The minimum absolute atomic E-state index is 0.00611. The van der Waals surface area contributed by atoms with Gasteiger partial charge in [0, 0.05) is 61.5 Å². The van der Waals surface area contributed by atoms with Gasteiger partial charge in [-0.1, -0.05) is 30.3 Å². The molecule has 0 atom stereocenters. The summed E-state index contributed by atoms with van der Waals surface area (Å²) in [5, 5.41) is 1.47. The second-order valence-corrected chi connectivity index (χ2v) is 12.0. The SMILES string of the molecule is COc1cc(CCN2C(=O)c3cccc4cccc(c34)C2=O)c(S(=O)(=O)N2CCN(c3ccccn3)CC2)cc1OC. The van der Waals surface area contributed by atoms with Crippen molar-refractivity contribution in [3.63, 3.8) is 0 Å². The summed E-state index contributed by atoms with van der Waals surface area (Å²) in [5.74, 6) is 0.629. The molecule has 1 saturated heterocycles. The first kappa shape index (κ1) is 27.7. The number of methoxy groups -OCH3 is 2. The fourth-order valence-corrected chi connectivity index (χ4v) is 7.36. The van der Waals surface area contributed by atoms with Crippen LogP contribution in [0.15, 0.2) is 77.8 Å². The van der Waals surface area contributed by atoms with Gasteiger partial charge in [-0.3, -0.25) is 14.5 Å². The summed E-state index contributed by atoms with van der Waals surface area (Å²) < 4.78 is 40.4. The van der Waals surface area contributed by atoms with Crippen LogP contribution >= 0.6 is 0 Å². The molecule has 6 rings (SSSR count). The Bertz CT molecular complexity index is 1740. The average Bonchev–Trinajstić information content (AvgIpc) is 3.03. The molecule has 42 heavy (non-hydrogen) atoms. The zero-order valence-electron chi connectivity index (χ0n) is 23.3. The predicted molar refractivity (Wildman–Crippen MR) is 158 cm³/mol. The Balaban J connectivity index is 1.29. The summed E-state index contributed by atoms with van der Waals surface area (Å²) in [6.45, 7) is 1.52. The van der Waals surface area contributed by atoms with Crippen LogP contribution in [0.4, 0.5) is 5.82 Å². The highest BCUT2D eigenvalue weighted by Gasteiger charge is 2.35. The first-order valence-corrected chi connectivity index (χ1v) is 15.1. The van der Waals surface area contributed by atoms with Crippen molar-refractivity contribution in [3.8, 4) is 11.5 Å². The van der Waals surface area contributed by atoms with Crippen LogP contribution in [0.2, 0.25) is 0 Å². The van der Waals surface area contributed by atoms with Gasteiger partial charge in [-0.25, -0.2) is 13.4 Å². The lowest BCUT2D eigenvalue weighted by Gasteiger charge is -2.35. The number of sulfonamides is 1. The van der Waals surface area contributed by atoms with E-state index in [1.54, 1.807) is 36.5 Å². The molecule has 3 heterocycles. The third-order valence-corrected chi connectivity index (χ3v) is 9.84. The van der Waals surface area contributed by atoms with Crippen molar-refractivity contribution in [2.75, 3.05) is 51.8 Å². The lowest BCUT2D eigenvalue weighted by atomic mass is 9.94. The number of imide groups is 1. The first-order valence-electron chi connectivity index (χ1n) is 13.6. The van der Waals surface area contributed by atoms with Crippen LogP contribution in [0.3, 0.4) is 0 Å². The van der Waals surface area contributed by atoms with Crippen LogP contribution < -0.4 is 14.4 Å². The van der Waals surface area contributed by atoms with Gasteiger partial charge >= 0.3 is 0 Å². The van der Waals surface area contributed by atoms with Gasteiger partial charge in [0.05, 0.1) is 19.1 Å². The van der Waals surface area contributed by atoms with E-state index < -0.39 is 21.8 Å². The van der Waals surface area contributed by atoms with Crippen molar-refractivity contribution < 1.29 is 27.5 Å². The van der Waals surface area contributed by atoms with Crippen molar-refractivity contribution in [3.05, 3.63) is 89.6 Å². The Morgan fingerprint density at radius 1 is 0.810 bits per heavy atom. The number of rotatable bonds is 8. The van der Waals surface area contributed by atoms with Crippen molar-refractivity contribution >= 4 is 38.4 Å². The van der Waals surface area contributed by atoms with E-state index >= 15 is 0 Å². The molecule has 2 aliphatic heterocycles. The molecular formula is C31H30N4O6S. The highest BCUT2D eigenvalue weighted by molar-refractivity contribution is 7.89. The van der Waals surface area contributed by atoms with Crippen molar-refractivity contribution in [1.29, 1.82) is 0 Å². The van der Waals surface area contributed by atoms with Crippen LogP contribution in [-0.2, 0) is 16.4 Å². The number of pyridine rings is 1. The number of amides is 2. The summed E-state index contributed by atoms with van der Waals surface area (Å²) in [4.78, 5) is 34.6. The van der Waals surface area contributed by atoms with E-state index in [0.717, 1.165) is 11.2 Å². The first-order chi connectivity index (χ1) is 20.3. The van der Waals surface area contributed by atoms with Gasteiger partial charge in [-0.2, -0.15) is 4.31 Å². The molecule has 216 valence electrons. The fraction of sp³-hybridized carbons (Fsp3) is 0.258. The Kier molecular flexibility index (Phi) is 7.29. The molecule has 0 unspecified atom stereocenters. The molecule has 0 saturated carbocycles. The summed E-state index contributed by atoms with van der Waals surface area (Å²) in [5.41, 5.74) is 1.33. The number of ether oxygens (including phenoxy) is 2. The molecule has 0 spiro atoms. The molecule has 11 heteroatoms. The van der Waals surface area contributed by atoms with Crippen LogP contribution in [0.25, 0.3) is 10.8 Å². The molecule has 4 aromatic rings. The Labute approximate surface area is 244 Å². The number of hydrogen-bond acceptors (Lipinski definition) is 8. The number of piperazine rings is 1. The smallest absolute Gasteiger partial charge is 0.261 e. The van der Waals surface area contributed by atoms with E-state index in [4.69, 9.17) is 9.47 Å². The molecule has 1 aromatic heterocycles.